The summed E-state index contributed by atoms with van der Waals surface area (Å²) in [4.78, 5) is 13.9. The number of sulfonamides is 1. The van der Waals surface area contributed by atoms with Gasteiger partial charge in [-0.05, 0) is 23.3 Å². The van der Waals surface area contributed by atoms with Crippen molar-refractivity contribution in [1.29, 1.82) is 0 Å². The molecule has 0 fully saturated rings. The van der Waals surface area contributed by atoms with Crippen LogP contribution in [-0.4, -0.2) is 43.4 Å². The van der Waals surface area contributed by atoms with Gasteiger partial charge in [0.15, 0.2) is 0 Å². The summed E-state index contributed by atoms with van der Waals surface area (Å²) >= 11 is 0. The van der Waals surface area contributed by atoms with Crippen molar-refractivity contribution >= 4 is 15.9 Å². The summed E-state index contributed by atoms with van der Waals surface area (Å²) in [5.74, 6) is -0.515. The summed E-state index contributed by atoms with van der Waals surface area (Å²) in [5, 5.41) is 0. The maximum absolute atomic E-state index is 13.0. The van der Waals surface area contributed by atoms with Crippen LogP contribution in [0.3, 0.4) is 0 Å². The van der Waals surface area contributed by atoms with Crippen LogP contribution in [0, 0.1) is 5.82 Å². The molecule has 2 rings (SSSR count). The molecule has 0 spiro atoms. The third-order valence-corrected chi connectivity index (χ3v) is 5.25. The van der Waals surface area contributed by atoms with Crippen LogP contribution in [-0.2, 0) is 27.9 Å². The summed E-state index contributed by atoms with van der Waals surface area (Å²) in [7, 11) is -1.79. The number of hydrogen-bond donors (Lipinski definition) is 0. The van der Waals surface area contributed by atoms with Gasteiger partial charge in [0.1, 0.15) is 5.82 Å². The maximum Gasteiger partial charge on any atom is 0.223 e. The van der Waals surface area contributed by atoms with Crippen LogP contribution < -0.4 is 0 Å². The number of nitrogens with zero attached hydrogens (tertiary/aromatic N) is 2. The molecule has 140 valence electrons. The molecule has 0 aliphatic rings. The monoisotopic (exact) mass is 378 g/mol. The van der Waals surface area contributed by atoms with E-state index in [4.69, 9.17) is 0 Å². The second-order valence-corrected chi connectivity index (χ2v) is 8.19. The number of carbonyl (C=O) groups excluding carboxylic acids is 1. The predicted molar refractivity (Wildman–Crippen MR) is 99.2 cm³/mol. The van der Waals surface area contributed by atoms with Crippen LogP contribution in [0.2, 0.25) is 0 Å². The van der Waals surface area contributed by atoms with Gasteiger partial charge in [-0.2, -0.15) is 4.31 Å². The smallest absolute Gasteiger partial charge is 0.223 e. The molecule has 0 aliphatic heterocycles. The zero-order valence-electron chi connectivity index (χ0n) is 14.9. The lowest BCUT2D eigenvalue weighted by Gasteiger charge is -2.22. The lowest BCUT2D eigenvalue weighted by Crippen LogP contribution is -2.34. The highest BCUT2D eigenvalue weighted by Gasteiger charge is 2.19. The largest absolute Gasteiger partial charge is 0.341 e. The van der Waals surface area contributed by atoms with Crippen molar-refractivity contribution < 1.29 is 17.6 Å². The first kappa shape index (κ1) is 20.1. The fourth-order valence-corrected chi connectivity index (χ4v) is 3.32. The summed E-state index contributed by atoms with van der Waals surface area (Å²) < 4.78 is 38.2. The van der Waals surface area contributed by atoms with Crippen LogP contribution in [0.25, 0.3) is 0 Å². The second kappa shape index (κ2) is 8.91. The molecule has 0 N–H and O–H groups in total. The molecule has 0 unspecified atom stereocenters. The molecule has 5 nitrogen and oxygen atoms in total. The van der Waals surface area contributed by atoms with Gasteiger partial charge >= 0.3 is 0 Å². The maximum atomic E-state index is 13.0. The molecule has 0 heterocycles. The van der Waals surface area contributed by atoms with E-state index in [0.29, 0.717) is 12.1 Å². The van der Waals surface area contributed by atoms with E-state index in [1.54, 1.807) is 11.9 Å². The zero-order valence-corrected chi connectivity index (χ0v) is 15.7. The fraction of sp³-hybridized carbons (Fsp3) is 0.316. The Bertz CT molecular complexity index is 824. The molecular weight excluding hydrogens is 355 g/mol. The molecule has 0 atom stereocenters. The fourth-order valence-electron chi connectivity index (χ4n) is 2.51. The topological polar surface area (TPSA) is 57.7 Å². The first-order chi connectivity index (χ1) is 12.3. The first-order valence-electron chi connectivity index (χ1n) is 8.23. The zero-order chi connectivity index (χ0) is 19.2. The van der Waals surface area contributed by atoms with Crippen LogP contribution in [0.5, 0.6) is 0 Å². The Morgan fingerprint density at radius 2 is 1.54 bits per heavy atom. The van der Waals surface area contributed by atoms with Crippen molar-refractivity contribution in [3.63, 3.8) is 0 Å². The van der Waals surface area contributed by atoms with Crippen LogP contribution in [0.4, 0.5) is 4.39 Å². The lowest BCUT2D eigenvalue weighted by atomic mass is 10.2. The van der Waals surface area contributed by atoms with E-state index in [0.717, 1.165) is 11.8 Å². The molecule has 0 aromatic heterocycles. The molecule has 0 aliphatic carbocycles. The average molecular weight is 378 g/mol. The Balaban J connectivity index is 1.95. The van der Waals surface area contributed by atoms with Crippen LogP contribution in [0.15, 0.2) is 54.6 Å². The Kier molecular flexibility index (Phi) is 6.88. The van der Waals surface area contributed by atoms with Gasteiger partial charge in [0.05, 0.1) is 6.26 Å². The number of carbonyl (C=O) groups is 1. The molecule has 0 radical (unpaired) electrons. The summed E-state index contributed by atoms with van der Waals surface area (Å²) in [6.07, 6.45) is 1.19. The van der Waals surface area contributed by atoms with Crippen molar-refractivity contribution in [2.24, 2.45) is 0 Å². The Labute approximate surface area is 154 Å². The van der Waals surface area contributed by atoms with Crippen molar-refractivity contribution in [3.8, 4) is 0 Å². The standard InChI is InChI=1S/C19H23FN2O3S/c1-21(14-16-6-4-3-5-7-16)19(23)12-13-22(26(2,24)25)15-17-8-10-18(20)11-9-17/h3-11H,12-15H2,1-2H3. The molecule has 7 heteroatoms. The molecule has 0 bridgehead atoms. The van der Waals surface area contributed by atoms with Gasteiger partial charge in [0.25, 0.3) is 0 Å². The van der Waals surface area contributed by atoms with Crippen molar-refractivity contribution in [3.05, 3.63) is 71.5 Å². The van der Waals surface area contributed by atoms with E-state index in [1.165, 1.54) is 28.6 Å². The summed E-state index contributed by atoms with van der Waals surface area (Å²) in [5.41, 5.74) is 1.68. The molecule has 0 saturated carbocycles. The van der Waals surface area contributed by atoms with Gasteiger partial charge < -0.3 is 4.90 Å². The number of amides is 1. The van der Waals surface area contributed by atoms with E-state index in [1.807, 2.05) is 30.3 Å². The molecule has 2 aromatic carbocycles. The number of halogens is 1. The lowest BCUT2D eigenvalue weighted by molar-refractivity contribution is -0.130. The minimum atomic E-state index is -3.48. The number of benzene rings is 2. The Morgan fingerprint density at radius 3 is 2.12 bits per heavy atom. The van der Waals surface area contributed by atoms with Gasteiger partial charge in [-0.15, -0.1) is 0 Å². The molecular formula is C19H23FN2O3S. The first-order valence-corrected chi connectivity index (χ1v) is 10.1. The normalized spacial score (nSPS) is 11.5. The van der Waals surface area contributed by atoms with Crippen LogP contribution in [0.1, 0.15) is 17.5 Å². The van der Waals surface area contributed by atoms with Gasteiger partial charge in [0, 0.05) is 33.1 Å². The van der Waals surface area contributed by atoms with Crippen molar-refractivity contribution in [2.75, 3.05) is 19.8 Å². The van der Waals surface area contributed by atoms with Gasteiger partial charge in [-0.3, -0.25) is 4.79 Å². The van der Waals surface area contributed by atoms with E-state index >= 15 is 0 Å². The highest BCUT2D eigenvalue weighted by atomic mass is 32.2. The number of hydrogen-bond acceptors (Lipinski definition) is 3. The SMILES string of the molecule is CN(Cc1ccccc1)C(=O)CCN(Cc1ccc(F)cc1)S(C)(=O)=O. The van der Waals surface area contributed by atoms with Gasteiger partial charge in [-0.1, -0.05) is 42.5 Å². The summed E-state index contributed by atoms with van der Waals surface area (Å²) in [6.45, 7) is 0.652. The van der Waals surface area contributed by atoms with E-state index < -0.39 is 10.0 Å². The molecule has 0 saturated heterocycles. The average Bonchev–Trinajstić information content (AvgIpc) is 2.59. The Hall–Kier alpha value is -2.25. The molecule has 26 heavy (non-hydrogen) atoms. The highest BCUT2D eigenvalue weighted by Crippen LogP contribution is 2.11. The van der Waals surface area contributed by atoms with Gasteiger partial charge in [0.2, 0.25) is 15.9 Å². The quantitative estimate of drug-likeness (QED) is 0.710. The van der Waals surface area contributed by atoms with E-state index in [9.17, 15) is 17.6 Å². The van der Waals surface area contributed by atoms with E-state index in [-0.39, 0.29) is 31.2 Å². The van der Waals surface area contributed by atoms with Crippen molar-refractivity contribution in [2.45, 2.75) is 19.5 Å². The molecule has 1 amide bonds. The predicted octanol–water partition coefficient (Wildman–Crippen LogP) is 2.64. The second-order valence-electron chi connectivity index (χ2n) is 6.21. The third kappa shape index (κ3) is 6.24. The Morgan fingerprint density at radius 1 is 0.962 bits per heavy atom. The highest BCUT2D eigenvalue weighted by molar-refractivity contribution is 7.88. The van der Waals surface area contributed by atoms with Crippen molar-refractivity contribution in [1.82, 2.24) is 9.21 Å². The molecule has 2 aromatic rings. The number of rotatable bonds is 8. The van der Waals surface area contributed by atoms with Crippen LogP contribution >= 0.6 is 0 Å². The van der Waals surface area contributed by atoms with E-state index in [2.05, 4.69) is 0 Å². The summed E-state index contributed by atoms with van der Waals surface area (Å²) in [6, 6.07) is 15.2. The third-order valence-electron chi connectivity index (χ3n) is 4.00. The minimum absolute atomic E-state index is 0.0776. The minimum Gasteiger partial charge on any atom is -0.341 e. The van der Waals surface area contributed by atoms with Gasteiger partial charge in [-0.25, -0.2) is 12.8 Å².